The molecule has 0 bridgehead atoms. The molecule has 20 heavy (non-hydrogen) atoms. The van der Waals surface area contributed by atoms with Crippen molar-refractivity contribution in [3.63, 3.8) is 0 Å². The molecule has 0 atom stereocenters. The third kappa shape index (κ3) is 4.22. The van der Waals surface area contributed by atoms with Crippen molar-refractivity contribution in [2.24, 2.45) is 11.8 Å². The summed E-state index contributed by atoms with van der Waals surface area (Å²) in [4.78, 5) is 18.2. The first-order valence-electron chi connectivity index (χ1n) is 7.18. The third-order valence-corrected chi connectivity index (χ3v) is 3.01. The van der Waals surface area contributed by atoms with Crippen molar-refractivity contribution in [2.75, 3.05) is 18.0 Å². The molecule has 0 saturated carbocycles. The van der Waals surface area contributed by atoms with E-state index in [0.29, 0.717) is 23.2 Å². The molecule has 0 amide bonds. The fourth-order valence-electron chi connectivity index (χ4n) is 2.44. The number of hydrogen-bond acceptors (Lipinski definition) is 3. The van der Waals surface area contributed by atoms with Gasteiger partial charge in [0.25, 0.3) is 0 Å². The van der Waals surface area contributed by atoms with Crippen LogP contribution in [0.2, 0.25) is 0 Å². The second-order valence-electron chi connectivity index (χ2n) is 6.28. The van der Waals surface area contributed by atoms with Gasteiger partial charge < -0.3 is 10.0 Å². The molecule has 1 N–H and O–H groups in total. The first-order chi connectivity index (χ1) is 9.22. The van der Waals surface area contributed by atoms with Gasteiger partial charge in [0.15, 0.2) is 0 Å². The van der Waals surface area contributed by atoms with E-state index in [-0.39, 0.29) is 0 Å². The van der Waals surface area contributed by atoms with E-state index in [4.69, 9.17) is 0 Å². The Morgan fingerprint density at radius 3 is 2.10 bits per heavy atom. The van der Waals surface area contributed by atoms with Crippen LogP contribution in [0, 0.1) is 25.7 Å². The van der Waals surface area contributed by atoms with Gasteiger partial charge in [0.1, 0.15) is 11.4 Å². The number of carboxylic acid groups (broad SMARTS) is 1. The molecule has 0 aliphatic carbocycles. The van der Waals surface area contributed by atoms with Gasteiger partial charge >= 0.3 is 5.97 Å². The van der Waals surface area contributed by atoms with Crippen LogP contribution in [0.25, 0.3) is 0 Å². The maximum atomic E-state index is 11.6. The number of anilines is 1. The molecule has 0 spiro atoms. The number of carboxylic acids is 1. The predicted molar refractivity (Wildman–Crippen MR) is 82.6 cm³/mol. The van der Waals surface area contributed by atoms with E-state index in [1.165, 1.54) is 0 Å². The van der Waals surface area contributed by atoms with Crippen molar-refractivity contribution < 1.29 is 9.90 Å². The van der Waals surface area contributed by atoms with Gasteiger partial charge in [0.05, 0.1) is 0 Å². The Morgan fingerprint density at radius 2 is 1.70 bits per heavy atom. The maximum Gasteiger partial charge on any atom is 0.339 e. The van der Waals surface area contributed by atoms with Gasteiger partial charge in [-0.2, -0.15) is 0 Å². The number of aromatic carboxylic acids is 1. The number of carbonyl (C=O) groups is 1. The SMILES string of the molecule is Cc1cc(C)c(C(=O)O)c(N(CC(C)C)CC(C)C)n1. The van der Waals surface area contributed by atoms with E-state index in [0.717, 1.165) is 24.3 Å². The number of nitrogens with zero attached hydrogens (tertiary/aromatic N) is 2. The molecule has 0 aliphatic heterocycles. The summed E-state index contributed by atoms with van der Waals surface area (Å²) in [6.07, 6.45) is 0. The van der Waals surface area contributed by atoms with Gasteiger partial charge in [-0.05, 0) is 37.3 Å². The zero-order valence-corrected chi connectivity index (χ0v) is 13.4. The van der Waals surface area contributed by atoms with Crippen molar-refractivity contribution in [2.45, 2.75) is 41.5 Å². The normalized spacial score (nSPS) is 11.2. The Hall–Kier alpha value is -1.58. The molecule has 0 unspecified atom stereocenters. The minimum absolute atomic E-state index is 0.330. The molecule has 0 saturated heterocycles. The lowest BCUT2D eigenvalue weighted by atomic mass is 10.1. The molecular formula is C16H26N2O2. The Bertz CT molecular complexity index is 472. The average molecular weight is 278 g/mol. The fraction of sp³-hybridized carbons (Fsp3) is 0.625. The summed E-state index contributed by atoms with van der Waals surface area (Å²) >= 11 is 0. The molecule has 1 rings (SSSR count). The number of pyridine rings is 1. The number of aryl methyl sites for hydroxylation is 2. The van der Waals surface area contributed by atoms with Crippen molar-refractivity contribution in [1.82, 2.24) is 4.98 Å². The number of aromatic nitrogens is 1. The zero-order valence-electron chi connectivity index (χ0n) is 13.4. The van der Waals surface area contributed by atoms with Crippen LogP contribution in [-0.4, -0.2) is 29.1 Å². The van der Waals surface area contributed by atoms with Crippen LogP contribution in [0.15, 0.2) is 6.07 Å². The summed E-state index contributed by atoms with van der Waals surface area (Å²) in [5, 5.41) is 9.49. The molecule has 0 aliphatic rings. The zero-order chi connectivity index (χ0) is 15.4. The van der Waals surface area contributed by atoms with Gasteiger partial charge in [0.2, 0.25) is 0 Å². The summed E-state index contributed by atoms with van der Waals surface area (Å²) in [6, 6.07) is 1.83. The van der Waals surface area contributed by atoms with Crippen LogP contribution in [0.4, 0.5) is 5.82 Å². The van der Waals surface area contributed by atoms with Crippen molar-refractivity contribution in [1.29, 1.82) is 0 Å². The number of hydrogen-bond donors (Lipinski definition) is 1. The molecular weight excluding hydrogens is 252 g/mol. The molecule has 112 valence electrons. The predicted octanol–water partition coefficient (Wildman–Crippen LogP) is 3.52. The first-order valence-corrected chi connectivity index (χ1v) is 7.18. The minimum Gasteiger partial charge on any atom is -0.478 e. The quantitative estimate of drug-likeness (QED) is 0.865. The summed E-state index contributed by atoms with van der Waals surface area (Å²) < 4.78 is 0. The highest BCUT2D eigenvalue weighted by Gasteiger charge is 2.22. The van der Waals surface area contributed by atoms with Crippen LogP contribution in [0.1, 0.15) is 49.3 Å². The van der Waals surface area contributed by atoms with Crippen LogP contribution in [0.5, 0.6) is 0 Å². The molecule has 0 aromatic carbocycles. The van der Waals surface area contributed by atoms with Gasteiger partial charge in [-0.1, -0.05) is 27.7 Å². The fourth-order valence-corrected chi connectivity index (χ4v) is 2.44. The molecule has 1 heterocycles. The number of rotatable bonds is 6. The highest BCUT2D eigenvalue weighted by molar-refractivity contribution is 5.95. The lowest BCUT2D eigenvalue weighted by molar-refractivity contribution is 0.0696. The molecule has 0 fully saturated rings. The van der Waals surface area contributed by atoms with Crippen LogP contribution < -0.4 is 4.90 Å². The summed E-state index contributed by atoms with van der Waals surface area (Å²) in [5.74, 6) is 0.621. The molecule has 4 heteroatoms. The molecule has 4 nitrogen and oxygen atoms in total. The maximum absolute atomic E-state index is 11.6. The largest absolute Gasteiger partial charge is 0.478 e. The molecule has 1 aromatic heterocycles. The van der Waals surface area contributed by atoms with Crippen molar-refractivity contribution in [3.8, 4) is 0 Å². The summed E-state index contributed by atoms with van der Waals surface area (Å²) in [5.41, 5.74) is 1.97. The average Bonchev–Trinajstić information content (AvgIpc) is 2.24. The van der Waals surface area contributed by atoms with E-state index >= 15 is 0 Å². The van der Waals surface area contributed by atoms with Crippen molar-refractivity contribution in [3.05, 3.63) is 22.9 Å². The minimum atomic E-state index is -0.900. The van der Waals surface area contributed by atoms with Gasteiger partial charge in [0, 0.05) is 18.8 Å². The topological polar surface area (TPSA) is 53.4 Å². The molecule has 0 radical (unpaired) electrons. The third-order valence-electron chi connectivity index (χ3n) is 3.01. The standard InChI is InChI=1S/C16H26N2O2/c1-10(2)8-18(9-11(3)4)15-14(16(19)20)12(5)7-13(6)17-15/h7,10-11H,8-9H2,1-6H3,(H,19,20). The van der Waals surface area contributed by atoms with Crippen LogP contribution >= 0.6 is 0 Å². The monoisotopic (exact) mass is 278 g/mol. The van der Waals surface area contributed by atoms with E-state index in [1.807, 2.05) is 19.9 Å². The lowest BCUT2D eigenvalue weighted by Crippen LogP contribution is -2.33. The van der Waals surface area contributed by atoms with E-state index in [2.05, 4.69) is 37.6 Å². The van der Waals surface area contributed by atoms with Gasteiger partial charge in [-0.25, -0.2) is 9.78 Å². The van der Waals surface area contributed by atoms with Gasteiger partial charge in [-0.3, -0.25) is 0 Å². The second kappa shape index (κ2) is 6.73. The smallest absolute Gasteiger partial charge is 0.339 e. The van der Waals surface area contributed by atoms with Gasteiger partial charge in [-0.15, -0.1) is 0 Å². The first kappa shape index (κ1) is 16.5. The Kier molecular flexibility index (Phi) is 5.54. The highest BCUT2D eigenvalue weighted by atomic mass is 16.4. The Morgan fingerprint density at radius 1 is 1.20 bits per heavy atom. The van der Waals surface area contributed by atoms with E-state index < -0.39 is 5.97 Å². The van der Waals surface area contributed by atoms with E-state index in [1.54, 1.807) is 0 Å². The van der Waals surface area contributed by atoms with Crippen LogP contribution in [-0.2, 0) is 0 Å². The van der Waals surface area contributed by atoms with E-state index in [9.17, 15) is 9.90 Å². The van der Waals surface area contributed by atoms with Crippen LogP contribution in [0.3, 0.4) is 0 Å². The molecule has 1 aromatic rings. The lowest BCUT2D eigenvalue weighted by Gasteiger charge is -2.29. The summed E-state index contributed by atoms with van der Waals surface area (Å²) in [6.45, 7) is 13.9. The van der Waals surface area contributed by atoms with Crippen molar-refractivity contribution >= 4 is 11.8 Å². The highest BCUT2D eigenvalue weighted by Crippen LogP contribution is 2.24. The second-order valence-corrected chi connectivity index (χ2v) is 6.28. The summed E-state index contributed by atoms with van der Waals surface area (Å²) in [7, 11) is 0. The Labute approximate surface area is 121 Å². The Balaban J connectivity index is 3.33.